The van der Waals surface area contributed by atoms with E-state index in [0.717, 1.165) is 43.7 Å². The fourth-order valence-electron chi connectivity index (χ4n) is 3.76. The first-order valence-corrected chi connectivity index (χ1v) is 9.05. The van der Waals surface area contributed by atoms with Crippen LogP contribution in [0.15, 0.2) is 42.5 Å². The van der Waals surface area contributed by atoms with E-state index in [0.29, 0.717) is 0 Å². The van der Waals surface area contributed by atoms with Gasteiger partial charge in [0, 0.05) is 19.6 Å². The predicted octanol–water partition coefficient (Wildman–Crippen LogP) is 4.71. The summed E-state index contributed by atoms with van der Waals surface area (Å²) in [6.45, 7) is 7.78. The van der Waals surface area contributed by atoms with Crippen LogP contribution in [0.25, 0.3) is 0 Å². The molecule has 1 N–H and O–H groups in total. The number of alkyl halides is 3. The molecule has 0 aromatic heterocycles. The van der Waals surface area contributed by atoms with Gasteiger partial charge in [0.2, 0.25) is 0 Å². The van der Waals surface area contributed by atoms with Crippen LogP contribution in [0.1, 0.15) is 40.3 Å². The van der Waals surface area contributed by atoms with Crippen molar-refractivity contribution in [3.05, 3.63) is 70.3 Å². The molecule has 1 aliphatic heterocycles. The highest BCUT2D eigenvalue weighted by Gasteiger charge is 2.31. The van der Waals surface area contributed by atoms with Gasteiger partial charge < -0.3 is 5.32 Å². The molecule has 0 spiro atoms. The molecule has 1 unspecified atom stereocenters. The summed E-state index contributed by atoms with van der Waals surface area (Å²) in [5, 5.41) is 3.40. The molecule has 0 radical (unpaired) electrons. The Balaban J connectivity index is 2.02. The van der Waals surface area contributed by atoms with Gasteiger partial charge in [0.25, 0.3) is 0 Å². The van der Waals surface area contributed by atoms with E-state index in [1.54, 1.807) is 12.1 Å². The van der Waals surface area contributed by atoms with Crippen LogP contribution in [-0.2, 0) is 6.18 Å². The van der Waals surface area contributed by atoms with E-state index in [2.05, 4.69) is 42.3 Å². The molecule has 0 bridgehead atoms. The normalized spacial score (nSPS) is 17.7. The lowest BCUT2D eigenvalue weighted by Crippen LogP contribution is -2.33. The molecule has 1 heterocycles. The van der Waals surface area contributed by atoms with Crippen LogP contribution in [0, 0.1) is 13.8 Å². The van der Waals surface area contributed by atoms with Crippen LogP contribution in [0.2, 0.25) is 0 Å². The Morgan fingerprint density at radius 3 is 2.15 bits per heavy atom. The molecule has 5 heteroatoms. The van der Waals surface area contributed by atoms with E-state index in [1.807, 2.05) is 0 Å². The zero-order chi connectivity index (χ0) is 18.7. The maximum Gasteiger partial charge on any atom is 0.416 e. The lowest BCUT2D eigenvalue weighted by Gasteiger charge is -2.32. The molecule has 2 nitrogen and oxygen atoms in total. The van der Waals surface area contributed by atoms with Gasteiger partial charge in [0.05, 0.1) is 11.6 Å². The van der Waals surface area contributed by atoms with Crippen molar-refractivity contribution >= 4 is 0 Å². The smallest absolute Gasteiger partial charge is 0.315 e. The van der Waals surface area contributed by atoms with Crippen LogP contribution in [0.5, 0.6) is 0 Å². The molecule has 3 rings (SSSR count). The SMILES string of the molecule is Cc1cc(C)cc(C(c2ccc(C(F)(F)F)cc2)N2CCCNCC2)c1. The molecule has 0 saturated carbocycles. The van der Waals surface area contributed by atoms with Crippen molar-refractivity contribution in [2.24, 2.45) is 0 Å². The fraction of sp³-hybridized carbons (Fsp3) is 0.429. The van der Waals surface area contributed by atoms with Gasteiger partial charge in [-0.3, -0.25) is 4.90 Å². The lowest BCUT2D eigenvalue weighted by molar-refractivity contribution is -0.137. The number of nitrogens with one attached hydrogen (secondary N) is 1. The molecule has 26 heavy (non-hydrogen) atoms. The van der Waals surface area contributed by atoms with E-state index >= 15 is 0 Å². The maximum atomic E-state index is 12.9. The Morgan fingerprint density at radius 2 is 1.54 bits per heavy atom. The first kappa shape index (κ1) is 18.9. The summed E-state index contributed by atoms with van der Waals surface area (Å²) < 4.78 is 38.8. The highest BCUT2D eigenvalue weighted by molar-refractivity contribution is 5.38. The van der Waals surface area contributed by atoms with Crippen LogP contribution < -0.4 is 5.32 Å². The van der Waals surface area contributed by atoms with Gasteiger partial charge in [-0.1, -0.05) is 41.5 Å². The van der Waals surface area contributed by atoms with Crippen LogP contribution in [0.4, 0.5) is 13.2 Å². The summed E-state index contributed by atoms with van der Waals surface area (Å²) in [4.78, 5) is 2.37. The second-order valence-electron chi connectivity index (χ2n) is 7.08. The minimum atomic E-state index is -4.31. The summed E-state index contributed by atoms with van der Waals surface area (Å²) in [5.74, 6) is 0. The third-order valence-electron chi connectivity index (χ3n) is 4.85. The first-order valence-electron chi connectivity index (χ1n) is 9.05. The largest absolute Gasteiger partial charge is 0.416 e. The van der Waals surface area contributed by atoms with Crippen molar-refractivity contribution in [1.82, 2.24) is 10.2 Å². The third kappa shape index (κ3) is 4.46. The number of hydrogen-bond donors (Lipinski definition) is 1. The van der Waals surface area contributed by atoms with E-state index < -0.39 is 11.7 Å². The van der Waals surface area contributed by atoms with Gasteiger partial charge in [-0.05, 0) is 50.1 Å². The van der Waals surface area contributed by atoms with Crippen molar-refractivity contribution in [3.8, 4) is 0 Å². The summed E-state index contributed by atoms with van der Waals surface area (Å²) in [5.41, 5.74) is 3.79. The van der Waals surface area contributed by atoms with Crippen molar-refractivity contribution < 1.29 is 13.2 Å². The van der Waals surface area contributed by atoms with Crippen LogP contribution in [0.3, 0.4) is 0 Å². The molecule has 0 aliphatic carbocycles. The molecular formula is C21H25F3N2. The maximum absolute atomic E-state index is 12.9. The van der Waals surface area contributed by atoms with Gasteiger partial charge in [0.15, 0.2) is 0 Å². The number of rotatable bonds is 3. The van der Waals surface area contributed by atoms with Crippen LogP contribution >= 0.6 is 0 Å². The molecule has 1 saturated heterocycles. The molecule has 1 fully saturated rings. The second-order valence-corrected chi connectivity index (χ2v) is 7.08. The average molecular weight is 362 g/mol. The van der Waals surface area contributed by atoms with Gasteiger partial charge in [-0.15, -0.1) is 0 Å². The summed E-state index contributed by atoms with van der Waals surface area (Å²) >= 11 is 0. The zero-order valence-corrected chi connectivity index (χ0v) is 15.2. The minimum Gasteiger partial charge on any atom is -0.315 e. The van der Waals surface area contributed by atoms with E-state index in [-0.39, 0.29) is 6.04 Å². The Labute approximate surface area is 153 Å². The van der Waals surface area contributed by atoms with Crippen molar-refractivity contribution in [2.45, 2.75) is 32.5 Å². The van der Waals surface area contributed by atoms with Crippen molar-refractivity contribution in [1.29, 1.82) is 0 Å². The van der Waals surface area contributed by atoms with Gasteiger partial charge >= 0.3 is 6.18 Å². The van der Waals surface area contributed by atoms with Crippen LogP contribution in [-0.4, -0.2) is 31.1 Å². The molecule has 2 aromatic carbocycles. The number of halogens is 3. The second kappa shape index (κ2) is 7.80. The monoisotopic (exact) mass is 362 g/mol. The van der Waals surface area contributed by atoms with E-state index in [9.17, 15) is 13.2 Å². The molecule has 1 atom stereocenters. The Kier molecular flexibility index (Phi) is 5.68. The standard InChI is InChI=1S/C21H25F3N2/c1-15-12-16(2)14-18(13-15)20(26-10-3-8-25-9-11-26)17-4-6-19(7-5-17)21(22,23)24/h4-7,12-14,20,25H,3,8-11H2,1-2H3. The predicted molar refractivity (Wildman–Crippen MR) is 98.3 cm³/mol. The third-order valence-corrected chi connectivity index (χ3v) is 4.85. The van der Waals surface area contributed by atoms with Gasteiger partial charge in [-0.2, -0.15) is 13.2 Å². The Bertz CT molecular complexity index is 710. The van der Waals surface area contributed by atoms with Gasteiger partial charge in [0.1, 0.15) is 0 Å². The number of nitrogens with zero attached hydrogens (tertiary/aromatic N) is 1. The molecular weight excluding hydrogens is 337 g/mol. The van der Waals surface area contributed by atoms with Crippen molar-refractivity contribution in [3.63, 3.8) is 0 Å². The molecule has 2 aromatic rings. The van der Waals surface area contributed by atoms with E-state index in [1.165, 1.54) is 23.3 Å². The summed E-state index contributed by atoms with van der Waals surface area (Å²) in [7, 11) is 0. The highest BCUT2D eigenvalue weighted by Crippen LogP contribution is 2.34. The number of hydrogen-bond acceptors (Lipinski definition) is 2. The fourth-order valence-corrected chi connectivity index (χ4v) is 3.76. The minimum absolute atomic E-state index is 0.0317. The average Bonchev–Trinajstić information content (AvgIpc) is 2.83. The zero-order valence-electron chi connectivity index (χ0n) is 15.2. The first-order chi connectivity index (χ1) is 12.3. The number of aryl methyl sites for hydroxylation is 2. The topological polar surface area (TPSA) is 15.3 Å². The van der Waals surface area contributed by atoms with Gasteiger partial charge in [-0.25, -0.2) is 0 Å². The quantitative estimate of drug-likeness (QED) is 0.851. The van der Waals surface area contributed by atoms with Crippen molar-refractivity contribution in [2.75, 3.05) is 26.2 Å². The lowest BCUT2D eigenvalue weighted by atomic mass is 9.93. The molecule has 1 aliphatic rings. The Morgan fingerprint density at radius 1 is 0.885 bits per heavy atom. The molecule has 140 valence electrons. The van der Waals surface area contributed by atoms with E-state index in [4.69, 9.17) is 0 Å². The summed E-state index contributed by atoms with van der Waals surface area (Å²) in [6, 6.07) is 12.0. The highest BCUT2D eigenvalue weighted by atomic mass is 19.4. The number of benzene rings is 2. The summed E-state index contributed by atoms with van der Waals surface area (Å²) in [6.07, 6.45) is -3.28. The Hall–Kier alpha value is -1.85. The molecule has 0 amide bonds.